The quantitative estimate of drug-likeness (QED) is 0.620. The molecule has 0 spiro atoms. The summed E-state index contributed by atoms with van der Waals surface area (Å²) in [7, 11) is 2.52. The number of ether oxygens (including phenoxy) is 2. The van der Waals surface area contributed by atoms with E-state index in [0.29, 0.717) is 16.7 Å². The first-order valence-electron chi connectivity index (χ1n) is 9.10. The number of fused-ring (bicyclic) bond motifs is 1. The summed E-state index contributed by atoms with van der Waals surface area (Å²) in [6.45, 7) is 0. The highest BCUT2D eigenvalue weighted by molar-refractivity contribution is 6.05. The van der Waals surface area contributed by atoms with Gasteiger partial charge in [-0.05, 0) is 42.5 Å². The first-order chi connectivity index (χ1) is 14.6. The highest BCUT2D eigenvalue weighted by atomic mass is 16.5. The number of carbonyl (C=O) groups excluding carboxylic acids is 2. The summed E-state index contributed by atoms with van der Waals surface area (Å²) in [5.74, 6) is -1.31. The minimum absolute atomic E-state index is 0.0455. The van der Waals surface area contributed by atoms with Gasteiger partial charge in [-0.3, -0.25) is 0 Å². The third-order valence-electron chi connectivity index (χ3n) is 4.52. The summed E-state index contributed by atoms with van der Waals surface area (Å²) in [5.41, 5.74) is 2.90. The number of carbonyl (C=O) groups is 2. The Labute approximate surface area is 172 Å². The van der Waals surface area contributed by atoms with Gasteiger partial charge in [0.1, 0.15) is 16.7 Å². The minimum Gasteiger partial charge on any atom is -0.465 e. The summed E-state index contributed by atoms with van der Waals surface area (Å²) < 4.78 is 9.77. The molecule has 0 N–H and O–H groups in total. The Balaban J connectivity index is 1.82. The maximum absolute atomic E-state index is 12.6. The SMILES string of the molecule is COC(=O)C1=C(C(=O)OC)N(c2ccc3nn(-c4ccccc4)nc3c2)C=CC=C1. The number of anilines is 1. The van der Waals surface area contributed by atoms with Crippen molar-refractivity contribution in [1.82, 2.24) is 15.0 Å². The van der Waals surface area contributed by atoms with Gasteiger partial charge in [0, 0.05) is 11.9 Å². The van der Waals surface area contributed by atoms with Crippen LogP contribution in [0.3, 0.4) is 0 Å². The van der Waals surface area contributed by atoms with Crippen LogP contribution in [-0.4, -0.2) is 41.2 Å². The molecule has 0 aliphatic carbocycles. The summed E-state index contributed by atoms with van der Waals surface area (Å²) in [4.78, 5) is 28.0. The number of aromatic nitrogens is 3. The van der Waals surface area contributed by atoms with E-state index in [1.807, 2.05) is 30.3 Å². The normalized spacial score (nSPS) is 13.5. The molecule has 0 amide bonds. The molecule has 3 aromatic rings. The lowest BCUT2D eigenvalue weighted by Gasteiger charge is -2.22. The van der Waals surface area contributed by atoms with Crippen molar-refractivity contribution < 1.29 is 19.1 Å². The number of esters is 2. The molecular formula is C22H18N4O4. The van der Waals surface area contributed by atoms with Crippen molar-refractivity contribution in [3.8, 4) is 5.69 Å². The second-order valence-corrected chi connectivity index (χ2v) is 6.31. The maximum Gasteiger partial charge on any atom is 0.355 e. The van der Waals surface area contributed by atoms with Crippen molar-refractivity contribution in [1.29, 1.82) is 0 Å². The zero-order valence-corrected chi connectivity index (χ0v) is 16.4. The van der Waals surface area contributed by atoms with E-state index in [9.17, 15) is 9.59 Å². The lowest BCUT2D eigenvalue weighted by molar-refractivity contribution is -0.139. The summed E-state index contributed by atoms with van der Waals surface area (Å²) in [5, 5.41) is 9.03. The van der Waals surface area contributed by atoms with E-state index in [2.05, 4.69) is 10.2 Å². The topological polar surface area (TPSA) is 86.6 Å². The van der Waals surface area contributed by atoms with E-state index in [4.69, 9.17) is 9.47 Å². The van der Waals surface area contributed by atoms with Crippen molar-refractivity contribution in [3.63, 3.8) is 0 Å². The molecule has 0 bridgehead atoms. The van der Waals surface area contributed by atoms with Crippen LogP contribution in [0, 0.1) is 0 Å². The van der Waals surface area contributed by atoms with Crippen molar-refractivity contribution in [2.45, 2.75) is 0 Å². The Morgan fingerprint density at radius 3 is 2.30 bits per heavy atom. The van der Waals surface area contributed by atoms with Gasteiger partial charge in [0.2, 0.25) is 0 Å². The van der Waals surface area contributed by atoms with Crippen molar-refractivity contribution in [3.05, 3.63) is 84.2 Å². The van der Waals surface area contributed by atoms with Crippen LogP contribution in [-0.2, 0) is 19.1 Å². The van der Waals surface area contributed by atoms with Gasteiger partial charge in [-0.25, -0.2) is 9.59 Å². The number of nitrogens with zero attached hydrogens (tertiary/aromatic N) is 4. The number of allylic oxidation sites excluding steroid dienone is 2. The second-order valence-electron chi connectivity index (χ2n) is 6.31. The van der Waals surface area contributed by atoms with Crippen molar-refractivity contribution >= 4 is 28.7 Å². The maximum atomic E-state index is 12.6. The van der Waals surface area contributed by atoms with Crippen molar-refractivity contribution in [2.24, 2.45) is 0 Å². The van der Waals surface area contributed by atoms with Gasteiger partial charge in [-0.1, -0.05) is 24.3 Å². The lowest BCUT2D eigenvalue weighted by atomic mass is 10.1. The van der Waals surface area contributed by atoms with Crippen LogP contribution in [0.2, 0.25) is 0 Å². The van der Waals surface area contributed by atoms with Crippen LogP contribution in [0.1, 0.15) is 0 Å². The van der Waals surface area contributed by atoms with E-state index in [-0.39, 0.29) is 11.3 Å². The fourth-order valence-electron chi connectivity index (χ4n) is 3.10. The number of hydrogen-bond acceptors (Lipinski definition) is 7. The van der Waals surface area contributed by atoms with Crippen LogP contribution in [0.5, 0.6) is 0 Å². The third kappa shape index (κ3) is 3.46. The molecular weight excluding hydrogens is 384 g/mol. The van der Waals surface area contributed by atoms with E-state index in [1.54, 1.807) is 46.2 Å². The van der Waals surface area contributed by atoms with Gasteiger partial charge in [-0.2, -0.15) is 4.80 Å². The average molecular weight is 402 g/mol. The fourth-order valence-corrected chi connectivity index (χ4v) is 3.10. The lowest BCUT2D eigenvalue weighted by Crippen LogP contribution is -2.26. The molecule has 30 heavy (non-hydrogen) atoms. The average Bonchev–Trinajstić information content (AvgIpc) is 3.09. The molecule has 0 unspecified atom stereocenters. The number of benzene rings is 2. The largest absolute Gasteiger partial charge is 0.465 e. The number of methoxy groups -OCH3 is 2. The highest BCUT2D eigenvalue weighted by Crippen LogP contribution is 2.28. The van der Waals surface area contributed by atoms with E-state index < -0.39 is 11.9 Å². The molecule has 1 aromatic heterocycles. The molecule has 0 atom stereocenters. The zero-order chi connectivity index (χ0) is 21.1. The van der Waals surface area contributed by atoms with Crippen molar-refractivity contribution in [2.75, 3.05) is 19.1 Å². The van der Waals surface area contributed by atoms with Crippen LogP contribution in [0.15, 0.2) is 84.2 Å². The smallest absolute Gasteiger partial charge is 0.355 e. The standard InChI is InChI=1S/C22H18N4O4/c1-29-21(27)17-10-6-7-13-25(20(17)22(28)30-2)16-11-12-18-19(14-16)24-26(23-18)15-8-4-3-5-9-15/h3-14H,1-2H3. The molecule has 0 saturated heterocycles. The predicted molar refractivity (Wildman–Crippen MR) is 111 cm³/mol. The Morgan fingerprint density at radius 1 is 0.833 bits per heavy atom. The van der Waals surface area contributed by atoms with Crippen LogP contribution in [0.25, 0.3) is 16.7 Å². The molecule has 150 valence electrons. The number of hydrogen-bond donors (Lipinski definition) is 0. The molecule has 0 radical (unpaired) electrons. The molecule has 0 fully saturated rings. The van der Waals surface area contributed by atoms with Gasteiger partial charge in [0.25, 0.3) is 0 Å². The van der Waals surface area contributed by atoms with E-state index in [0.717, 1.165) is 5.69 Å². The minimum atomic E-state index is -0.667. The molecule has 1 aliphatic rings. The number of rotatable bonds is 4. The highest BCUT2D eigenvalue weighted by Gasteiger charge is 2.27. The predicted octanol–water partition coefficient (Wildman–Crippen LogP) is 2.91. The van der Waals surface area contributed by atoms with Gasteiger partial charge >= 0.3 is 11.9 Å². The Hall–Kier alpha value is -4.20. The molecule has 0 saturated carbocycles. The van der Waals surface area contributed by atoms with Gasteiger partial charge in [0.05, 0.1) is 25.5 Å². The summed E-state index contributed by atoms with van der Waals surface area (Å²) >= 11 is 0. The van der Waals surface area contributed by atoms with Crippen LogP contribution >= 0.6 is 0 Å². The molecule has 4 rings (SSSR count). The zero-order valence-electron chi connectivity index (χ0n) is 16.4. The molecule has 2 aromatic carbocycles. The Kier molecular flexibility index (Phi) is 5.13. The first-order valence-corrected chi connectivity index (χ1v) is 9.10. The third-order valence-corrected chi connectivity index (χ3v) is 4.52. The second kappa shape index (κ2) is 8.04. The van der Waals surface area contributed by atoms with Gasteiger partial charge in [0.15, 0.2) is 0 Å². The Morgan fingerprint density at radius 2 is 1.57 bits per heavy atom. The first kappa shape index (κ1) is 19.1. The van der Waals surface area contributed by atoms with E-state index >= 15 is 0 Å². The fraction of sp³-hybridized carbons (Fsp3) is 0.0909. The Bertz CT molecular complexity index is 1210. The van der Waals surface area contributed by atoms with Gasteiger partial charge in [-0.15, -0.1) is 10.2 Å². The van der Waals surface area contributed by atoms with Gasteiger partial charge < -0.3 is 14.4 Å². The molecule has 8 heteroatoms. The van der Waals surface area contributed by atoms with Crippen LogP contribution in [0.4, 0.5) is 5.69 Å². The molecule has 2 heterocycles. The number of para-hydroxylation sites is 1. The molecule has 1 aliphatic heterocycles. The van der Waals surface area contributed by atoms with Crippen LogP contribution < -0.4 is 4.90 Å². The molecule has 8 nitrogen and oxygen atoms in total. The summed E-state index contributed by atoms with van der Waals surface area (Å²) in [6, 6.07) is 14.9. The monoisotopic (exact) mass is 402 g/mol. The van der Waals surface area contributed by atoms with E-state index in [1.165, 1.54) is 20.3 Å². The summed E-state index contributed by atoms with van der Waals surface area (Å²) in [6.07, 6.45) is 6.55.